The van der Waals surface area contributed by atoms with E-state index in [1.165, 1.54) is 24.3 Å². The fraction of sp³-hybridized carbons (Fsp3) is 0.0588. The van der Waals surface area contributed by atoms with E-state index >= 15 is 0 Å². The van der Waals surface area contributed by atoms with Gasteiger partial charge in [0.25, 0.3) is 16.8 Å². The van der Waals surface area contributed by atoms with Crippen molar-refractivity contribution in [3.8, 4) is 0 Å². The summed E-state index contributed by atoms with van der Waals surface area (Å²) in [7, 11) is 0. The molecule has 1 aliphatic rings. The van der Waals surface area contributed by atoms with Crippen molar-refractivity contribution >= 4 is 62.2 Å². The van der Waals surface area contributed by atoms with E-state index in [-0.39, 0.29) is 22.2 Å². The lowest BCUT2D eigenvalue weighted by atomic mass is 10.1. The number of thioether (sulfide) groups is 1. The molecule has 26 heavy (non-hydrogen) atoms. The highest BCUT2D eigenvalue weighted by atomic mass is 79.9. The summed E-state index contributed by atoms with van der Waals surface area (Å²) in [4.78, 5) is 36.4. The molecule has 0 aliphatic carbocycles. The molecule has 6 nitrogen and oxygen atoms in total. The molecular weight excluding hydrogens is 444 g/mol. The molecule has 1 heterocycles. The largest absolute Gasteiger partial charge is 0.293 e. The number of halogens is 2. The Bertz CT molecular complexity index is 964. The predicted molar refractivity (Wildman–Crippen MR) is 104 cm³/mol. The van der Waals surface area contributed by atoms with Gasteiger partial charge >= 0.3 is 0 Å². The van der Waals surface area contributed by atoms with Crippen LogP contribution >= 0.6 is 39.3 Å². The Balaban J connectivity index is 1.88. The third kappa shape index (κ3) is 3.98. The number of hydrogen-bond donors (Lipinski definition) is 0. The van der Waals surface area contributed by atoms with Gasteiger partial charge in [-0.05, 0) is 41.6 Å². The van der Waals surface area contributed by atoms with E-state index in [0.717, 1.165) is 26.7 Å². The monoisotopic (exact) mass is 452 g/mol. The summed E-state index contributed by atoms with van der Waals surface area (Å²) in [6, 6.07) is 11.2. The van der Waals surface area contributed by atoms with Crippen molar-refractivity contribution in [1.82, 2.24) is 4.90 Å². The second-order valence-corrected chi connectivity index (χ2v) is 7.68. The van der Waals surface area contributed by atoms with Crippen molar-refractivity contribution in [2.24, 2.45) is 0 Å². The Morgan fingerprint density at radius 3 is 2.69 bits per heavy atom. The van der Waals surface area contributed by atoms with Crippen LogP contribution in [0, 0.1) is 10.1 Å². The number of amides is 2. The van der Waals surface area contributed by atoms with E-state index < -0.39 is 16.1 Å². The van der Waals surface area contributed by atoms with E-state index in [0.29, 0.717) is 5.56 Å². The molecule has 3 rings (SSSR count). The Kier molecular flexibility index (Phi) is 5.45. The van der Waals surface area contributed by atoms with Gasteiger partial charge in [0.1, 0.15) is 0 Å². The van der Waals surface area contributed by atoms with Crippen LogP contribution in [-0.4, -0.2) is 21.0 Å². The van der Waals surface area contributed by atoms with Crippen LogP contribution in [0.5, 0.6) is 0 Å². The fourth-order valence-corrected chi connectivity index (χ4v) is 3.80. The van der Waals surface area contributed by atoms with Crippen molar-refractivity contribution in [3.63, 3.8) is 0 Å². The van der Waals surface area contributed by atoms with Gasteiger partial charge in [0, 0.05) is 27.2 Å². The molecule has 0 spiro atoms. The third-order valence-corrected chi connectivity index (χ3v) is 5.33. The van der Waals surface area contributed by atoms with Crippen molar-refractivity contribution in [2.75, 3.05) is 0 Å². The number of rotatable bonds is 4. The average molecular weight is 454 g/mol. The standard InChI is InChI=1S/C17H10BrClN2O4S/c18-12-3-1-2-10(6-12)9-20-16(22)15(26-17(20)23)8-11-7-13(21(24)25)4-5-14(11)19/h1-8H,9H2/b15-8-. The first-order valence-electron chi connectivity index (χ1n) is 7.29. The topological polar surface area (TPSA) is 80.5 Å². The molecule has 2 amide bonds. The molecule has 0 aromatic heterocycles. The highest BCUT2D eigenvalue weighted by Crippen LogP contribution is 2.35. The summed E-state index contributed by atoms with van der Waals surface area (Å²) in [6.45, 7) is 0.143. The van der Waals surface area contributed by atoms with Crippen molar-refractivity contribution in [3.05, 3.63) is 78.1 Å². The zero-order valence-electron chi connectivity index (χ0n) is 13.0. The Morgan fingerprint density at radius 1 is 1.23 bits per heavy atom. The second kappa shape index (κ2) is 7.61. The van der Waals surface area contributed by atoms with Crippen LogP contribution in [0.4, 0.5) is 10.5 Å². The van der Waals surface area contributed by atoms with Crippen LogP contribution in [0.1, 0.15) is 11.1 Å². The summed E-state index contributed by atoms with van der Waals surface area (Å²) in [6.07, 6.45) is 1.40. The number of carbonyl (C=O) groups excluding carboxylic acids is 2. The van der Waals surface area contributed by atoms with Gasteiger partial charge in [0.05, 0.1) is 16.4 Å². The lowest BCUT2D eigenvalue weighted by molar-refractivity contribution is -0.384. The molecule has 0 radical (unpaired) electrons. The number of benzene rings is 2. The Morgan fingerprint density at radius 2 is 2.00 bits per heavy atom. The van der Waals surface area contributed by atoms with E-state index in [1.54, 1.807) is 0 Å². The normalized spacial score (nSPS) is 15.8. The minimum absolute atomic E-state index is 0.143. The molecule has 1 saturated heterocycles. The molecule has 2 aromatic rings. The average Bonchev–Trinajstić information content (AvgIpc) is 2.84. The van der Waals surface area contributed by atoms with E-state index in [4.69, 9.17) is 11.6 Å². The first-order valence-corrected chi connectivity index (χ1v) is 9.27. The quantitative estimate of drug-likeness (QED) is 0.359. The van der Waals surface area contributed by atoms with Crippen molar-refractivity contribution in [2.45, 2.75) is 6.54 Å². The number of imide groups is 1. The molecule has 0 saturated carbocycles. The van der Waals surface area contributed by atoms with Gasteiger partial charge in [-0.2, -0.15) is 0 Å². The predicted octanol–water partition coefficient (Wildman–Crippen LogP) is 5.25. The minimum Gasteiger partial charge on any atom is -0.268 e. The van der Waals surface area contributed by atoms with Gasteiger partial charge in [-0.25, -0.2) is 0 Å². The molecule has 0 atom stereocenters. The molecule has 9 heteroatoms. The summed E-state index contributed by atoms with van der Waals surface area (Å²) in [5, 5.41) is 10.8. The van der Waals surface area contributed by atoms with Gasteiger partial charge in [0.15, 0.2) is 0 Å². The van der Waals surface area contributed by atoms with Crippen LogP contribution in [0.2, 0.25) is 5.02 Å². The lowest BCUT2D eigenvalue weighted by Gasteiger charge is -2.12. The van der Waals surface area contributed by atoms with Gasteiger partial charge in [0.2, 0.25) is 0 Å². The number of hydrogen-bond acceptors (Lipinski definition) is 5. The highest BCUT2D eigenvalue weighted by Gasteiger charge is 2.35. The second-order valence-electron chi connectivity index (χ2n) is 5.36. The molecule has 0 N–H and O–H groups in total. The SMILES string of the molecule is O=C1S/C(=C\c2cc([N+](=O)[O-])ccc2Cl)C(=O)N1Cc1cccc(Br)c1. The smallest absolute Gasteiger partial charge is 0.268 e. The maximum absolute atomic E-state index is 12.6. The maximum Gasteiger partial charge on any atom is 0.293 e. The number of non-ortho nitro benzene ring substituents is 1. The van der Waals surface area contributed by atoms with Crippen LogP contribution in [0.3, 0.4) is 0 Å². The summed E-state index contributed by atoms with van der Waals surface area (Å²) >= 11 is 10.2. The number of carbonyl (C=O) groups is 2. The third-order valence-electron chi connectivity index (χ3n) is 3.58. The molecule has 0 bridgehead atoms. The molecule has 132 valence electrons. The van der Waals surface area contributed by atoms with Crippen LogP contribution in [0.15, 0.2) is 51.8 Å². The lowest BCUT2D eigenvalue weighted by Crippen LogP contribution is -2.27. The zero-order valence-corrected chi connectivity index (χ0v) is 16.2. The molecule has 1 fully saturated rings. The highest BCUT2D eigenvalue weighted by molar-refractivity contribution is 9.10. The van der Waals surface area contributed by atoms with Crippen molar-refractivity contribution < 1.29 is 14.5 Å². The van der Waals surface area contributed by atoms with Crippen LogP contribution < -0.4 is 0 Å². The molecule has 1 aliphatic heterocycles. The van der Waals surface area contributed by atoms with Crippen molar-refractivity contribution in [1.29, 1.82) is 0 Å². The van der Waals surface area contributed by atoms with E-state index in [1.807, 2.05) is 24.3 Å². The molecule has 0 unspecified atom stereocenters. The van der Waals surface area contributed by atoms with Gasteiger partial charge in [-0.3, -0.25) is 24.6 Å². The van der Waals surface area contributed by atoms with Gasteiger partial charge in [-0.15, -0.1) is 0 Å². The zero-order chi connectivity index (χ0) is 18.8. The van der Waals surface area contributed by atoms with Gasteiger partial charge in [-0.1, -0.05) is 39.7 Å². The maximum atomic E-state index is 12.6. The van der Waals surface area contributed by atoms with Gasteiger partial charge < -0.3 is 0 Å². The van der Waals surface area contributed by atoms with E-state index in [9.17, 15) is 19.7 Å². The summed E-state index contributed by atoms with van der Waals surface area (Å²) < 4.78 is 0.848. The molecule has 2 aromatic carbocycles. The Hall–Kier alpha value is -2.16. The molecular formula is C17H10BrClN2O4S. The summed E-state index contributed by atoms with van der Waals surface area (Å²) in [5.41, 5.74) is 0.971. The number of nitrogens with zero attached hydrogens (tertiary/aromatic N) is 2. The summed E-state index contributed by atoms with van der Waals surface area (Å²) in [5.74, 6) is -0.456. The first kappa shape index (κ1) is 18.6. The van der Waals surface area contributed by atoms with Crippen LogP contribution in [-0.2, 0) is 11.3 Å². The first-order chi connectivity index (χ1) is 12.3. The van der Waals surface area contributed by atoms with E-state index in [2.05, 4.69) is 15.9 Å². The van der Waals surface area contributed by atoms with Crippen LogP contribution in [0.25, 0.3) is 6.08 Å². The fourth-order valence-electron chi connectivity index (χ4n) is 2.35. The number of nitro groups is 1. The minimum atomic E-state index is -0.549. The number of nitro benzene ring substituents is 1. The Labute approximate surface area is 166 Å².